The molecule has 115 valence electrons. The summed E-state index contributed by atoms with van der Waals surface area (Å²) in [5.74, 6) is 0.667. The number of hydrogen-bond donors (Lipinski definition) is 0. The van der Waals surface area contributed by atoms with E-state index in [0.717, 1.165) is 17.7 Å². The van der Waals surface area contributed by atoms with E-state index in [1.54, 1.807) is 0 Å². The third-order valence-electron chi connectivity index (χ3n) is 3.41. The molecule has 0 atom stereocenters. The quantitative estimate of drug-likeness (QED) is 0.476. The summed E-state index contributed by atoms with van der Waals surface area (Å²) in [5.41, 5.74) is 3.60. The van der Waals surface area contributed by atoms with Crippen molar-refractivity contribution in [1.82, 2.24) is 4.98 Å². The van der Waals surface area contributed by atoms with E-state index in [9.17, 15) is 0 Å². The van der Waals surface area contributed by atoms with Gasteiger partial charge in [0.2, 0.25) is 0 Å². The minimum atomic E-state index is -1.34. The zero-order chi connectivity index (χ0) is 14.8. The molecule has 0 spiro atoms. The summed E-state index contributed by atoms with van der Waals surface area (Å²) in [5, 5.41) is 1.49. The second-order valence-corrected chi connectivity index (χ2v) is 11.9. The first-order chi connectivity index (χ1) is 9.38. The molecule has 0 saturated carbocycles. The fourth-order valence-corrected chi connectivity index (χ4v) is 4.07. The van der Waals surface area contributed by atoms with Crippen molar-refractivity contribution < 1.29 is 20.1 Å². The number of aromatic nitrogens is 1. The molecular weight excluding hydrogens is 451 g/mol. The van der Waals surface area contributed by atoms with Gasteiger partial charge in [0.25, 0.3) is 0 Å². The Balaban J connectivity index is 0.00000220. The average Bonchev–Trinajstić information content (AvgIpc) is 2.37. The first kappa shape index (κ1) is 18.3. The summed E-state index contributed by atoms with van der Waals surface area (Å²) in [6.45, 7) is 11.7. The van der Waals surface area contributed by atoms with Crippen LogP contribution in [0.25, 0.3) is 11.3 Å². The Morgan fingerprint density at radius 1 is 1.19 bits per heavy atom. The Kier molecular flexibility index (Phi) is 6.52. The Hall–Kier alpha value is -0.764. The maximum absolute atomic E-state index is 4.69. The zero-order valence-corrected chi connectivity index (χ0v) is 16.9. The standard InChI is InChI=1S/C18H24NSi.Ir/c1-14(2)11-16-12-17(15-9-7-6-8-10-15)19-13-18(16)20(3,4)5;/h6-9,12-14H,11H2,1-5H3;/q-1;. The first-order valence-corrected chi connectivity index (χ1v) is 10.8. The molecule has 1 aromatic heterocycles. The van der Waals surface area contributed by atoms with Crippen LogP contribution in [0.2, 0.25) is 19.6 Å². The van der Waals surface area contributed by atoms with Gasteiger partial charge in [0, 0.05) is 26.3 Å². The van der Waals surface area contributed by atoms with Crippen molar-refractivity contribution in [3.8, 4) is 11.3 Å². The SMILES string of the molecule is CC(C)Cc1cc(-c2[c-]cccc2)ncc1[Si](C)(C)C.[Ir]. The van der Waals surface area contributed by atoms with E-state index >= 15 is 0 Å². The van der Waals surface area contributed by atoms with Gasteiger partial charge in [0.1, 0.15) is 0 Å². The van der Waals surface area contributed by atoms with Crippen LogP contribution in [0.5, 0.6) is 0 Å². The molecule has 2 rings (SSSR count). The molecule has 2 aromatic rings. The van der Waals surface area contributed by atoms with Crippen molar-refractivity contribution in [2.45, 2.75) is 39.9 Å². The van der Waals surface area contributed by atoms with Crippen LogP contribution in [-0.4, -0.2) is 13.1 Å². The van der Waals surface area contributed by atoms with Crippen LogP contribution in [0.1, 0.15) is 19.4 Å². The Morgan fingerprint density at radius 3 is 2.43 bits per heavy atom. The number of hydrogen-bond acceptors (Lipinski definition) is 1. The van der Waals surface area contributed by atoms with Gasteiger partial charge in [0.15, 0.2) is 0 Å². The minimum Gasteiger partial charge on any atom is -0.305 e. The largest absolute Gasteiger partial charge is 0.305 e. The van der Waals surface area contributed by atoms with Gasteiger partial charge in [-0.05, 0) is 23.2 Å². The van der Waals surface area contributed by atoms with Gasteiger partial charge in [-0.25, -0.2) is 0 Å². The molecule has 1 heterocycles. The first-order valence-electron chi connectivity index (χ1n) is 7.34. The Labute approximate surface area is 143 Å². The number of benzene rings is 1. The summed E-state index contributed by atoms with van der Waals surface area (Å²) in [4.78, 5) is 4.69. The molecule has 0 amide bonds. The molecule has 0 fully saturated rings. The van der Waals surface area contributed by atoms with Crippen molar-refractivity contribution in [2.24, 2.45) is 5.92 Å². The summed E-state index contributed by atoms with van der Waals surface area (Å²) in [6.07, 6.45) is 3.24. The molecule has 0 aliphatic rings. The van der Waals surface area contributed by atoms with E-state index in [1.165, 1.54) is 10.8 Å². The van der Waals surface area contributed by atoms with Gasteiger partial charge < -0.3 is 4.98 Å². The molecule has 0 unspecified atom stereocenters. The normalized spacial score (nSPS) is 11.3. The Morgan fingerprint density at radius 2 is 1.90 bits per heavy atom. The van der Waals surface area contributed by atoms with E-state index < -0.39 is 8.07 Å². The number of pyridine rings is 1. The third kappa shape index (κ3) is 4.88. The zero-order valence-electron chi connectivity index (χ0n) is 13.5. The van der Waals surface area contributed by atoms with E-state index in [2.05, 4.69) is 62.9 Å². The van der Waals surface area contributed by atoms with Gasteiger partial charge in [-0.1, -0.05) is 45.1 Å². The number of rotatable bonds is 4. The topological polar surface area (TPSA) is 12.9 Å². The Bertz CT molecular complexity index is 574. The van der Waals surface area contributed by atoms with Crippen molar-refractivity contribution in [3.05, 3.63) is 48.2 Å². The summed E-state index contributed by atoms with van der Waals surface area (Å²) in [6, 6.07) is 13.6. The van der Waals surface area contributed by atoms with Crippen molar-refractivity contribution >= 4 is 13.3 Å². The van der Waals surface area contributed by atoms with E-state index in [-0.39, 0.29) is 20.1 Å². The molecule has 1 radical (unpaired) electrons. The van der Waals surface area contributed by atoms with Crippen LogP contribution < -0.4 is 5.19 Å². The predicted octanol–water partition coefficient (Wildman–Crippen LogP) is 4.29. The van der Waals surface area contributed by atoms with Crippen LogP contribution in [0.4, 0.5) is 0 Å². The maximum atomic E-state index is 4.69. The second kappa shape index (κ2) is 7.48. The van der Waals surface area contributed by atoms with E-state index in [4.69, 9.17) is 0 Å². The van der Waals surface area contributed by atoms with Gasteiger partial charge in [-0.2, -0.15) is 0 Å². The second-order valence-electron chi connectivity index (χ2n) is 6.85. The molecule has 21 heavy (non-hydrogen) atoms. The van der Waals surface area contributed by atoms with Crippen LogP contribution in [0, 0.1) is 12.0 Å². The molecule has 1 aromatic carbocycles. The molecule has 1 nitrogen and oxygen atoms in total. The van der Waals surface area contributed by atoms with Crippen molar-refractivity contribution in [1.29, 1.82) is 0 Å². The minimum absolute atomic E-state index is 0. The molecule has 0 aliphatic carbocycles. The molecule has 3 heteroatoms. The molecular formula is C18H24IrNSi-. The fourth-order valence-electron chi connectivity index (χ4n) is 2.48. The van der Waals surface area contributed by atoms with Crippen molar-refractivity contribution in [2.75, 3.05) is 0 Å². The van der Waals surface area contributed by atoms with Crippen molar-refractivity contribution in [3.63, 3.8) is 0 Å². The molecule has 0 bridgehead atoms. The maximum Gasteiger partial charge on any atom is 0.0798 e. The van der Waals surface area contributed by atoms with Crippen LogP contribution in [-0.2, 0) is 26.5 Å². The average molecular weight is 475 g/mol. The molecule has 0 aliphatic heterocycles. The molecule has 0 N–H and O–H groups in total. The van der Waals surface area contributed by atoms with Crippen LogP contribution in [0.15, 0.2) is 36.5 Å². The van der Waals surface area contributed by atoms with Gasteiger partial charge in [-0.3, -0.25) is 0 Å². The smallest absolute Gasteiger partial charge is 0.0798 e. The van der Waals surface area contributed by atoms with Gasteiger partial charge in [-0.15, -0.1) is 35.9 Å². The van der Waals surface area contributed by atoms with Crippen LogP contribution in [0.3, 0.4) is 0 Å². The third-order valence-corrected chi connectivity index (χ3v) is 5.48. The molecule has 0 saturated heterocycles. The van der Waals surface area contributed by atoms with Gasteiger partial charge >= 0.3 is 0 Å². The van der Waals surface area contributed by atoms with Crippen LogP contribution >= 0.6 is 0 Å². The summed E-state index contributed by atoms with van der Waals surface area (Å²) < 4.78 is 0. The van der Waals surface area contributed by atoms with E-state index in [1.807, 2.05) is 18.2 Å². The summed E-state index contributed by atoms with van der Waals surface area (Å²) in [7, 11) is -1.34. The predicted molar refractivity (Wildman–Crippen MR) is 90.0 cm³/mol. The van der Waals surface area contributed by atoms with E-state index in [0.29, 0.717) is 5.92 Å². The summed E-state index contributed by atoms with van der Waals surface area (Å²) >= 11 is 0. The number of nitrogens with zero attached hydrogens (tertiary/aromatic N) is 1. The fraction of sp³-hybridized carbons (Fsp3) is 0.389. The monoisotopic (exact) mass is 475 g/mol. The van der Waals surface area contributed by atoms with Gasteiger partial charge in [0.05, 0.1) is 8.07 Å².